The van der Waals surface area contributed by atoms with Gasteiger partial charge in [-0.3, -0.25) is 4.79 Å². The third kappa shape index (κ3) is 1.62. The fraction of sp³-hybridized carbons (Fsp3) is 0. The number of carbonyl (C=O) groups is 1. The molecule has 0 amide bonds. The van der Waals surface area contributed by atoms with E-state index in [0.717, 1.165) is 5.56 Å². The minimum absolute atomic E-state index is 0. The van der Waals surface area contributed by atoms with Gasteiger partial charge in [0.2, 0.25) is 5.78 Å². The topological polar surface area (TPSA) is 49.7 Å². The molecule has 0 spiro atoms. The van der Waals surface area contributed by atoms with E-state index >= 15 is 0 Å². The number of nitrogens with zero attached hydrogens (tertiary/aromatic N) is 1. The predicted molar refractivity (Wildman–Crippen MR) is 49.0 cm³/mol. The van der Waals surface area contributed by atoms with Gasteiger partial charge in [-0.2, -0.15) is 0 Å². The number of benzene rings is 1. The van der Waals surface area contributed by atoms with Crippen molar-refractivity contribution < 1.29 is 27.1 Å². The van der Waals surface area contributed by atoms with Crippen LogP contribution in [-0.2, 0) is 17.1 Å². The average molecular weight is 229 g/mol. The number of ketones is 1. The number of carbonyl (C=O) groups excluding carboxylic acids is 1. The van der Waals surface area contributed by atoms with Crippen LogP contribution in [0.5, 0.6) is 0 Å². The van der Waals surface area contributed by atoms with Crippen molar-refractivity contribution in [2.45, 2.75) is 0 Å². The van der Waals surface area contributed by atoms with Gasteiger partial charge in [0.25, 0.3) is 0 Å². The molecule has 0 aromatic heterocycles. The fourth-order valence-corrected chi connectivity index (χ4v) is 1.31. The number of hydrogen-bond acceptors (Lipinski definition) is 3. The van der Waals surface area contributed by atoms with E-state index in [2.05, 4.69) is 5.16 Å². The second-order valence-electron chi connectivity index (χ2n) is 2.73. The van der Waals surface area contributed by atoms with Crippen molar-refractivity contribution in [3.8, 4) is 0 Å². The summed E-state index contributed by atoms with van der Waals surface area (Å²) in [5, 5.41) is 11.4. The Bertz CT molecular complexity index is 424. The molecular formula is C10H7FeNO2. The van der Waals surface area contributed by atoms with E-state index < -0.39 is 0 Å². The number of allylic oxidation sites excluding steroid dienone is 1. The number of fused-ring (bicyclic) bond motifs is 1. The zero-order valence-corrected chi connectivity index (χ0v) is 8.22. The third-order valence-corrected chi connectivity index (χ3v) is 1.97. The van der Waals surface area contributed by atoms with Gasteiger partial charge in [-0.1, -0.05) is 35.5 Å². The molecular weight excluding hydrogens is 222 g/mol. The van der Waals surface area contributed by atoms with Crippen LogP contribution in [0.4, 0.5) is 0 Å². The molecule has 4 heteroatoms. The summed E-state index contributed by atoms with van der Waals surface area (Å²) in [7, 11) is 0. The van der Waals surface area contributed by atoms with Gasteiger partial charge in [0, 0.05) is 22.6 Å². The first kappa shape index (κ1) is 10.7. The molecule has 1 aliphatic carbocycles. The van der Waals surface area contributed by atoms with E-state index in [9.17, 15) is 4.79 Å². The number of Topliss-reactive ketones (excluding diaryl/α,β-unsaturated/α-hetero) is 1. The van der Waals surface area contributed by atoms with Crippen molar-refractivity contribution in [3.05, 3.63) is 41.5 Å². The largest absolute Gasteiger partial charge is 0.410 e. The number of oxime groups is 1. The second kappa shape index (κ2) is 4.22. The van der Waals surface area contributed by atoms with Crippen molar-refractivity contribution in [2.75, 3.05) is 0 Å². The van der Waals surface area contributed by atoms with Gasteiger partial charge in [-0.05, 0) is 11.6 Å². The Morgan fingerprint density at radius 1 is 1.14 bits per heavy atom. The maximum Gasteiger partial charge on any atom is 0.215 e. The van der Waals surface area contributed by atoms with Gasteiger partial charge in [-0.25, -0.2) is 0 Å². The van der Waals surface area contributed by atoms with Gasteiger partial charge < -0.3 is 5.21 Å². The van der Waals surface area contributed by atoms with Crippen LogP contribution in [0.1, 0.15) is 15.9 Å². The summed E-state index contributed by atoms with van der Waals surface area (Å²) in [5.74, 6) is -0.236. The molecule has 1 aromatic carbocycles. The molecule has 0 heterocycles. The summed E-state index contributed by atoms with van der Waals surface area (Å²) in [6.07, 6.45) is 3.26. The van der Waals surface area contributed by atoms with Gasteiger partial charge in [0.05, 0.1) is 0 Å². The van der Waals surface area contributed by atoms with E-state index in [1.807, 2.05) is 12.1 Å². The van der Waals surface area contributed by atoms with Crippen LogP contribution in [0.15, 0.2) is 35.5 Å². The Morgan fingerprint density at radius 2 is 1.86 bits per heavy atom. The monoisotopic (exact) mass is 229 g/mol. The molecule has 0 unspecified atom stereocenters. The van der Waals surface area contributed by atoms with Crippen molar-refractivity contribution >= 4 is 17.6 Å². The normalized spacial score (nSPS) is 16.3. The van der Waals surface area contributed by atoms with E-state index in [0.29, 0.717) is 5.56 Å². The average Bonchev–Trinajstić information content (AvgIpc) is 2.19. The van der Waals surface area contributed by atoms with Crippen LogP contribution >= 0.6 is 0 Å². The van der Waals surface area contributed by atoms with E-state index in [4.69, 9.17) is 5.21 Å². The minimum atomic E-state index is -0.236. The predicted octanol–water partition coefficient (Wildman–Crippen LogP) is 1.72. The third-order valence-electron chi connectivity index (χ3n) is 1.97. The Labute approximate surface area is 91.6 Å². The van der Waals surface area contributed by atoms with Crippen LogP contribution in [-0.4, -0.2) is 16.7 Å². The van der Waals surface area contributed by atoms with E-state index in [1.54, 1.807) is 18.2 Å². The standard InChI is InChI=1S/C10H7NO2.Fe/c12-10-8-4-2-1-3-7(8)5-6-9(10)11-13;/h1-6,13H;/b11-9-;. The fourth-order valence-electron chi connectivity index (χ4n) is 1.31. The van der Waals surface area contributed by atoms with E-state index in [-0.39, 0.29) is 28.6 Å². The molecule has 0 radical (unpaired) electrons. The number of rotatable bonds is 0. The van der Waals surface area contributed by atoms with Crippen LogP contribution < -0.4 is 0 Å². The zero-order valence-electron chi connectivity index (χ0n) is 7.12. The molecule has 0 fully saturated rings. The maximum atomic E-state index is 11.5. The molecule has 0 atom stereocenters. The van der Waals surface area contributed by atoms with Gasteiger partial charge in [-0.15, -0.1) is 0 Å². The molecule has 1 aromatic rings. The summed E-state index contributed by atoms with van der Waals surface area (Å²) in [5.41, 5.74) is 1.52. The SMILES string of the molecule is O=C1/C(=N\O)C=Cc2ccccc21.[Fe]. The Morgan fingerprint density at radius 3 is 2.57 bits per heavy atom. The maximum absolute atomic E-state index is 11.5. The summed E-state index contributed by atoms with van der Waals surface area (Å²) in [4.78, 5) is 11.5. The molecule has 1 N–H and O–H groups in total. The molecule has 72 valence electrons. The van der Waals surface area contributed by atoms with Crippen molar-refractivity contribution in [1.29, 1.82) is 0 Å². The van der Waals surface area contributed by atoms with Crippen LogP contribution in [0, 0.1) is 0 Å². The molecule has 0 aliphatic heterocycles. The zero-order chi connectivity index (χ0) is 9.26. The summed E-state index contributed by atoms with van der Waals surface area (Å²) in [6, 6.07) is 7.20. The summed E-state index contributed by atoms with van der Waals surface area (Å²) in [6.45, 7) is 0. The molecule has 0 bridgehead atoms. The molecule has 3 nitrogen and oxygen atoms in total. The summed E-state index contributed by atoms with van der Waals surface area (Å²) >= 11 is 0. The van der Waals surface area contributed by atoms with Crippen molar-refractivity contribution in [1.82, 2.24) is 0 Å². The quantitative estimate of drug-likeness (QED) is 0.418. The van der Waals surface area contributed by atoms with Crippen LogP contribution in [0.25, 0.3) is 6.08 Å². The van der Waals surface area contributed by atoms with E-state index in [1.165, 1.54) is 6.08 Å². The minimum Gasteiger partial charge on any atom is -0.410 e. The van der Waals surface area contributed by atoms with Gasteiger partial charge in [0.1, 0.15) is 0 Å². The first-order valence-electron chi connectivity index (χ1n) is 3.87. The second-order valence-corrected chi connectivity index (χ2v) is 2.73. The van der Waals surface area contributed by atoms with Crippen molar-refractivity contribution in [2.24, 2.45) is 5.16 Å². The summed E-state index contributed by atoms with van der Waals surface area (Å²) < 4.78 is 0. The first-order valence-corrected chi connectivity index (χ1v) is 3.87. The van der Waals surface area contributed by atoms with Crippen molar-refractivity contribution in [3.63, 3.8) is 0 Å². The first-order chi connectivity index (χ1) is 6.33. The number of hydrogen-bond donors (Lipinski definition) is 1. The molecule has 14 heavy (non-hydrogen) atoms. The Balaban J connectivity index is 0.000000980. The molecule has 0 saturated heterocycles. The molecule has 2 rings (SSSR count). The van der Waals surface area contributed by atoms with Gasteiger partial charge >= 0.3 is 0 Å². The Kier molecular flexibility index (Phi) is 3.23. The van der Waals surface area contributed by atoms with Gasteiger partial charge in [0.15, 0.2) is 5.71 Å². The van der Waals surface area contributed by atoms with Crippen LogP contribution in [0.3, 0.4) is 0 Å². The smallest absolute Gasteiger partial charge is 0.215 e. The molecule has 0 saturated carbocycles. The van der Waals surface area contributed by atoms with Crippen LogP contribution in [0.2, 0.25) is 0 Å². The Hall–Kier alpha value is -1.38. The molecule has 1 aliphatic rings.